The molecule has 1 unspecified atom stereocenters. The molecule has 0 aromatic heterocycles. The van der Waals surface area contributed by atoms with Gasteiger partial charge in [0.25, 0.3) is 0 Å². The van der Waals surface area contributed by atoms with Gasteiger partial charge in [-0.15, -0.1) is 0 Å². The van der Waals surface area contributed by atoms with E-state index in [0.29, 0.717) is 6.54 Å². The molecule has 1 aliphatic heterocycles. The zero-order valence-electron chi connectivity index (χ0n) is 12.0. The van der Waals surface area contributed by atoms with Crippen LogP contribution in [0.2, 0.25) is 0 Å². The Kier molecular flexibility index (Phi) is 4.22. The second kappa shape index (κ2) is 5.72. The Hall–Kier alpha value is -1.39. The van der Waals surface area contributed by atoms with Gasteiger partial charge in [0.1, 0.15) is 0 Å². The smallest absolute Gasteiger partial charge is 0.244 e. The van der Waals surface area contributed by atoms with Gasteiger partial charge in [-0.1, -0.05) is 18.2 Å². The summed E-state index contributed by atoms with van der Waals surface area (Å²) in [4.78, 5) is 16.7. The minimum Gasteiger partial charge on any atom is -0.329 e. The van der Waals surface area contributed by atoms with E-state index in [0.717, 1.165) is 36.4 Å². The molecule has 0 bridgehead atoms. The minimum absolute atomic E-state index is 0.0868. The van der Waals surface area contributed by atoms with Crippen molar-refractivity contribution in [3.63, 3.8) is 0 Å². The lowest BCUT2D eigenvalue weighted by atomic mass is 10.0. The van der Waals surface area contributed by atoms with Crippen LogP contribution in [-0.4, -0.2) is 43.0 Å². The van der Waals surface area contributed by atoms with Crippen LogP contribution in [0.25, 0.3) is 0 Å². The number of benzene rings is 1. The van der Waals surface area contributed by atoms with Crippen LogP contribution in [0.1, 0.15) is 18.1 Å². The van der Waals surface area contributed by atoms with Crippen molar-refractivity contribution >= 4 is 11.6 Å². The summed E-state index contributed by atoms with van der Waals surface area (Å²) in [5, 5.41) is 0. The fourth-order valence-corrected chi connectivity index (χ4v) is 2.84. The molecule has 0 radical (unpaired) electrons. The zero-order chi connectivity index (χ0) is 14.0. The topological polar surface area (TPSA) is 49.6 Å². The maximum Gasteiger partial charge on any atom is 0.244 e. The van der Waals surface area contributed by atoms with Crippen LogP contribution >= 0.6 is 0 Å². The molecule has 1 saturated heterocycles. The third-order valence-corrected chi connectivity index (χ3v) is 3.91. The van der Waals surface area contributed by atoms with Crippen LogP contribution in [0, 0.1) is 13.8 Å². The van der Waals surface area contributed by atoms with Gasteiger partial charge in [-0.25, -0.2) is 0 Å². The number of hydrogen-bond donors (Lipinski definition) is 1. The molecule has 2 N–H and O–H groups in total. The normalized spacial score (nSPS) is 20.9. The first-order chi connectivity index (χ1) is 9.06. The molecule has 104 valence electrons. The third-order valence-electron chi connectivity index (χ3n) is 3.91. The molecule has 0 aliphatic carbocycles. The second-order valence-electron chi connectivity index (χ2n) is 5.23. The van der Waals surface area contributed by atoms with Gasteiger partial charge < -0.3 is 10.6 Å². The molecule has 0 saturated carbocycles. The van der Waals surface area contributed by atoms with E-state index >= 15 is 0 Å². The van der Waals surface area contributed by atoms with Crippen LogP contribution in [0.4, 0.5) is 5.69 Å². The molecule has 2 rings (SSSR count). The molecule has 4 nitrogen and oxygen atoms in total. The summed E-state index contributed by atoms with van der Waals surface area (Å²) in [6.45, 7) is 9.11. The second-order valence-corrected chi connectivity index (χ2v) is 5.23. The largest absolute Gasteiger partial charge is 0.329 e. The Labute approximate surface area is 115 Å². The van der Waals surface area contributed by atoms with Crippen molar-refractivity contribution in [2.24, 2.45) is 5.73 Å². The van der Waals surface area contributed by atoms with Gasteiger partial charge in [-0.2, -0.15) is 0 Å². The maximum atomic E-state index is 12.6. The molecular weight excluding hydrogens is 238 g/mol. The van der Waals surface area contributed by atoms with Gasteiger partial charge in [0.15, 0.2) is 0 Å². The summed E-state index contributed by atoms with van der Waals surface area (Å²) in [5.41, 5.74) is 8.99. The van der Waals surface area contributed by atoms with Gasteiger partial charge in [0, 0.05) is 31.9 Å². The average molecular weight is 261 g/mol. The molecule has 1 amide bonds. The summed E-state index contributed by atoms with van der Waals surface area (Å²) in [6.07, 6.45) is 0. The van der Waals surface area contributed by atoms with Gasteiger partial charge in [0.05, 0.1) is 6.04 Å². The van der Waals surface area contributed by atoms with Gasteiger partial charge in [-0.3, -0.25) is 9.69 Å². The predicted octanol–water partition coefficient (Wildman–Crippen LogP) is 1.30. The summed E-state index contributed by atoms with van der Waals surface area (Å²) >= 11 is 0. The zero-order valence-corrected chi connectivity index (χ0v) is 12.0. The van der Waals surface area contributed by atoms with Crippen LogP contribution < -0.4 is 10.6 Å². The summed E-state index contributed by atoms with van der Waals surface area (Å²) in [5.74, 6) is 0.178. The van der Waals surface area contributed by atoms with Gasteiger partial charge in [0.2, 0.25) is 5.91 Å². The quantitative estimate of drug-likeness (QED) is 0.892. The number of nitrogens with zero attached hydrogens (tertiary/aromatic N) is 2. The van der Waals surface area contributed by atoms with Gasteiger partial charge in [-0.05, 0) is 31.9 Å². The van der Waals surface area contributed by atoms with Crippen molar-refractivity contribution in [1.82, 2.24) is 4.90 Å². The van der Waals surface area contributed by atoms with Crippen LogP contribution in [0.3, 0.4) is 0 Å². The lowest BCUT2D eigenvalue weighted by molar-refractivity contribution is -0.125. The Balaban J connectivity index is 2.26. The highest BCUT2D eigenvalue weighted by Crippen LogP contribution is 2.27. The first-order valence-electron chi connectivity index (χ1n) is 6.88. The monoisotopic (exact) mass is 261 g/mol. The average Bonchev–Trinajstić information content (AvgIpc) is 2.37. The highest BCUT2D eigenvalue weighted by atomic mass is 16.2. The van der Waals surface area contributed by atoms with Crippen molar-refractivity contribution in [2.75, 3.05) is 31.1 Å². The Morgan fingerprint density at radius 1 is 1.26 bits per heavy atom. The highest BCUT2D eigenvalue weighted by molar-refractivity contribution is 5.99. The van der Waals surface area contributed by atoms with Crippen molar-refractivity contribution in [3.05, 3.63) is 29.3 Å². The van der Waals surface area contributed by atoms with Gasteiger partial charge >= 0.3 is 0 Å². The summed E-state index contributed by atoms with van der Waals surface area (Å²) < 4.78 is 0. The van der Waals surface area contributed by atoms with Crippen LogP contribution in [0.5, 0.6) is 0 Å². The number of carbonyl (C=O) groups is 1. The number of amides is 1. The van der Waals surface area contributed by atoms with Crippen molar-refractivity contribution < 1.29 is 4.79 Å². The Morgan fingerprint density at radius 3 is 2.47 bits per heavy atom. The van der Waals surface area contributed by atoms with Crippen molar-refractivity contribution in [1.29, 1.82) is 0 Å². The van der Waals surface area contributed by atoms with E-state index in [1.165, 1.54) is 0 Å². The first-order valence-corrected chi connectivity index (χ1v) is 6.88. The lowest BCUT2D eigenvalue weighted by Gasteiger charge is -2.40. The predicted molar refractivity (Wildman–Crippen MR) is 78.4 cm³/mol. The summed E-state index contributed by atoms with van der Waals surface area (Å²) in [7, 11) is 0. The fraction of sp³-hybridized carbons (Fsp3) is 0.533. The highest BCUT2D eigenvalue weighted by Gasteiger charge is 2.32. The molecule has 19 heavy (non-hydrogen) atoms. The Morgan fingerprint density at radius 2 is 1.89 bits per heavy atom. The van der Waals surface area contributed by atoms with Crippen molar-refractivity contribution in [3.8, 4) is 0 Å². The fourth-order valence-electron chi connectivity index (χ4n) is 2.84. The van der Waals surface area contributed by atoms with E-state index in [9.17, 15) is 4.79 Å². The van der Waals surface area contributed by atoms with E-state index in [1.54, 1.807) is 0 Å². The number of carbonyl (C=O) groups excluding carboxylic acids is 1. The van der Waals surface area contributed by atoms with E-state index in [2.05, 4.69) is 30.9 Å². The maximum absolute atomic E-state index is 12.6. The first kappa shape index (κ1) is 14.0. The number of hydrogen-bond acceptors (Lipinski definition) is 3. The third kappa shape index (κ3) is 2.65. The van der Waals surface area contributed by atoms with E-state index < -0.39 is 0 Å². The number of piperazine rings is 1. The molecule has 1 aromatic rings. The van der Waals surface area contributed by atoms with Crippen LogP contribution in [0.15, 0.2) is 18.2 Å². The number of nitrogens with two attached hydrogens (primary N) is 1. The summed E-state index contributed by atoms with van der Waals surface area (Å²) in [6, 6.07) is 6.07. The van der Waals surface area contributed by atoms with Crippen molar-refractivity contribution in [2.45, 2.75) is 26.8 Å². The number of aryl methyl sites for hydroxylation is 2. The molecule has 1 aliphatic rings. The molecule has 1 heterocycles. The molecule has 1 fully saturated rings. The Bertz CT molecular complexity index is 452. The van der Waals surface area contributed by atoms with E-state index in [1.807, 2.05) is 17.9 Å². The number of anilines is 1. The molecule has 0 spiro atoms. The molecule has 1 aromatic carbocycles. The van der Waals surface area contributed by atoms with Crippen LogP contribution in [-0.2, 0) is 4.79 Å². The van der Waals surface area contributed by atoms with E-state index in [-0.39, 0.29) is 11.9 Å². The molecular formula is C15H23N3O. The minimum atomic E-state index is -0.0868. The molecule has 1 atom stereocenters. The number of para-hydroxylation sites is 1. The lowest BCUT2D eigenvalue weighted by Crippen LogP contribution is -2.57. The SMILES string of the molecule is Cc1cccc(C)c1N1CCN(CCN)C(C)C1=O. The number of rotatable bonds is 3. The standard InChI is InChI=1S/C15H23N3O/c1-11-5-4-6-12(2)14(11)18-10-9-17(8-7-16)13(3)15(18)19/h4-6,13H,7-10,16H2,1-3H3. The van der Waals surface area contributed by atoms with E-state index in [4.69, 9.17) is 5.73 Å². The molecule has 4 heteroatoms.